The number of carbonyl (C=O) groups is 2. The molecule has 142 valence electrons. The second-order valence-corrected chi connectivity index (χ2v) is 7.63. The largest absolute Gasteiger partial charge is 0.354 e. The van der Waals surface area contributed by atoms with E-state index in [9.17, 15) is 9.59 Å². The van der Waals surface area contributed by atoms with Crippen LogP contribution in [0.5, 0.6) is 0 Å². The highest BCUT2D eigenvalue weighted by molar-refractivity contribution is 6.30. The number of amides is 2. The molecular formula is C19H27ClN4O2. The number of carbonyl (C=O) groups excluding carboxylic acids is 2. The second-order valence-electron chi connectivity index (χ2n) is 7.20. The van der Waals surface area contributed by atoms with E-state index in [2.05, 4.69) is 20.9 Å². The predicted octanol–water partition coefficient (Wildman–Crippen LogP) is 1.86. The summed E-state index contributed by atoms with van der Waals surface area (Å²) in [7, 11) is 0. The normalized spacial score (nSPS) is 23.6. The molecule has 2 unspecified atom stereocenters. The number of anilines is 1. The van der Waals surface area contributed by atoms with Gasteiger partial charge in [0, 0.05) is 23.8 Å². The molecule has 1 aromatic carbocycles. The molecule has 2 fully saturated rings. The van der Waals surface area contributed by atoms with Crippen molar-refractivity contribution in [1.82, 2.24) is 15.5 Å². The third kappa shape index (κ3) is 5.69. The van der Waals surface area contributed by atoms with Crippen LogP contribution in [0.3, 0.4) is 0 Å². The lowest BCUT2D eigenvalue weighted by Crippen LogP contribution is -2.46. The van der Waals surface area contributed by atoms with Crippen molar-refractivity contribution in [2.45, 2.75) is 31.7 Å². The van der Waals surface area contributed by atoms with Gasteiger partial charge in [0.05, 0.1) is 12.6 Å². The van der Waals surface area contributed by atoms with Crippen LogP contribution in [-0.4, -0.2) is 55.5 Å². The fraction of sp³-hybridized carbons (Fsp3) is 0.579. The molecule has 2 saturated heterocycles. The van der Waals surface area contributed by atoms with Crippen molar-refractivity contribution in [3.05, 3.63) is 29.3 Å². The standard InChI is InChI=1S/C19H27ClN4O2/c20-15-5-1-6-16(10-15)23-18(25)13-24-9-3-4-14(12-24)11-22-19(26)17-7-2-8-21-17/h1,5-6,10,14,17,21H,2-4,7-9,11-13H2,(H,22,26)(H,23,25). The van der Waals surface area contributed by atoms with Crippen LogP contribution in [0, 0.1) is 5.92 Å². The molecule has 0 aromatic heterocycles. The Morgan fingerprint density at radius 1 is 1.27 bits per heavy atom. The summed E-state index contributed by atoms with van der Waals surface area (Å²) in [5.74, 6) is 0.471. The zero-order chi connectivity index (χ0) is 18.4. The topological polar surface area (TPSA) is 73.5 Å². The monoisotopic (exact) mass is 378 g/mol. The summed E-state index contributed by atoms with van der Waals surface area (Å²) in [6.45, 7) is 3.72. The molecule has 2 amide bonds. The SMILES string of the molecule is O=C(CN1CCCC(CNC(=O)C2CCCN2)C1)Nc1cccc(Cl)c1. The minimum Gasteiger partial charge on any atom is -0.354 e. The van der Waals surface area contributed by atoms with E-state index >= 15 is 0 Å². The van der Waals surface area contributed by atoms with Crippen LogP contribution >= 0.6 is 11.6 Å². The number of piperidine rings is 1. The van der Waals surface area contributed by atoms with Gasteiger partial charge in [0.2, 0.25) is 11.8 Å². The Morgan fingerprint density at radius 2 is 2.15 bits per heavy atom. The maximum Gasteiger partial charge on any atom is 0.238 e. The predicted molar refractivity (Wildman–Crippen MR) is 103 cm³/mol. The molecular weight excluding hydrogens is 352 g/mol. The highest BCUT2D eigenvalue weighted by Crippen LogP contribution is 2.17. The van der Waals surface area contributed by atoms with E-state index in [4.69, 9.17) is 11.6 Å². The Bertz CT molecular complexity index is 634. The maximum atomic E-state index is 12.3. The molecule has 0 spiro atoms. The van der Waals surface area contributed by atoms with E-state index in [1.807, 2.05) is 12.1 Å². The van der Waals surface area contributed by atoms with Crippen molar-refractivity contribution in [3.8, 4) is 0 Å². The number of rotatable bonds is 6. The van der Waals surface area contributed by atoms with Gasteiger partial charge in [-0.2, -0.15) is 0 Å². The average molecular weight is 379 g/mol. The first kappa shape index (κ1) is 19.1. The molecule has 0 radical (unpaired) electrons. The fourth-order valence-electron chi connectivity index (χ4n) is 3.71. The molecule has 3 rings (SSSR count). The summed E-state index contributed by atoms with van der Waals surface area (Å²) in [6, 6.07) is 7.14. The van der Waals surface area contributed by atoms with Crippen LogP contribution in [0.4, 0.5) is 5.69 Å². The minimum absolute atomic E-state index is 0.0295. The van der Waals surface area contributed by atoms with Crippen LogP contribution in [-0.2, 0) is 9.59 Å². The molecule has 2 aliphatic heterocycles. The van der Waals surface area contributed by atoms with Gasteiger partial charge < -0.3 is 16.0 Å². The number of benzene rings is 1. The summed E-state index contributed by atoms with van der Waals surface area (Å²) in [4.78, 5) is 26.5. The zero-order valence-corrected chi connectivity index (χ0v) is 15.7. The Morgan fingerprint density at radius 3 is 2.92 bits per heavy atom. The lowest BCUT2D eigenvalue weighted by Gasteiger charge is -2.32. The van der Waals surface area contributed by atoms with Crippen LogP contribution in [0.1, 0.15) is 25.7 Å². The first-order chi connectivity index (χ1) is 12.6. The van der Waals surface area contributed by atoms with Crippen molar-refractivity contribution in [1.29, 1.82) is 0 Å². The third-order valence-corrected chi connectivity index (χ3v) is 5.26. The Balaban J connectivity index is 1.41. The van der Waals surface area contributed by atoms with Gasteiger partial charge in [-0.1, -0.05) is 17.7 Å². The molecule has 2 aliphatic rings. The van der Waals surface area contributed by atoms with E-state index < -0.39 is 0 Å². The van der Waals surface area contributed by atoms with Crippen LogP contribution in [0.25, 0.3) is 0 Å². The fourth-order valence-corrected chi connectivity index (χ4v) is 3.90. The van der Waals surface area contributed by atoms with E-state index in [-0.39, 0.29) is 17.9 Å². The van der Waals surface area contributed by atoms with E-state index in [0.29, 0.717) is 29.7 Å². The van der Waals surface area contributed by atoms with Gasteiger partial charge in [-0.05, 0) is 62.9 Å². The van der Waals surface area contributed by atoms with Gasteiger partial charge in [-0.25, -0.2) is 0 Å². The number of hydrogen-bond donors (Lipinski definition) is 3. The Kier molecular flexibility index (Phi) is 6.88. The lowest BCUT2D eigenvalue weighted by molar-refractivity contribution is -0.123. The summed E-state index contributed by atoms with van der Waals surface area (Å²) in [6.07, 6.45) is 4.13. The number of nitrogens with one attached hydrogen (secondary N) is 3. The average Bonchev–Trinajstić information content (AvgIpc) is 3.14. The first-order valence-corrected chi connectivity index (χ1v) is 9.77. The van der Waals surface area contributed by atoms with Crippen molar-refractivity contribution >= 4 is 29.1 Å². The molecule has 1 aromatic rings. The van der Waals surface area contributed by atoms with Crippen molar-refractivity contribution in [3.63, 3.8) is 0 Å². The molecule has 2 heterocycles. The number of halogens is 1. The molecule has 26 heavy (non-hydrogen) atoms. The summed E-state index contributed by atoms with van der Waals surface area (Å²) < 4.78 is 0. The molecule has 0 saturated carbocycles. The molecule has 0 aliphatic carbocycles. The Labute approximate surface area is 159 Å². The lowest BCUT2D eigenvalue weighted by atomic mass is 9.98. The smallest absolute Gasteiger partial charge is 0.238 e. The maximum absolute atomic E-state index is 12.3. The third-order valence-electron chi connectivity index (χ3n) is 5.02. The molecule has 3 N–H and O–H groups in total. The summed E-state index contributed by atoms with van der Waals surface area (Å²) in [5.41, 5.74) is 0.715. The highest BCUT2D eigenvalue weighted by Gasteiger charge is 2.25. The van der Waals surface area contributed by atoms with Gasteiger partial charge in [-0.15, -0.1) is 0 Å². The minimum atomic E-state index is -0.0351. The van der Waals surface area contributed by atoms with Crippen LogP contribution in [0.15, 0.2) is 24.3 Å². The van der Waals surface area contributed by atoms with Crippen molar-refractivity contribution < 1.29 is 9.59 Å². The molecule has 7 heteroatoms. The van der Waals surface area contributed by atoms with Gasteiger partial charge in [0.25, 0.3) is 0 Å². The van der Waals surface area contributed by atoms with Gasteiger partial charge in [0.1, 0.15) is 0 Å². The van der Waals surface area contributed by atoms with Gasteiger partial charge >= 0.3 is 0 Å². The van der Waals surface area contributed by atoms with E-state index in [0.717, 1.165) is 45.3 Å². The Hall–Kier alpha value is -1.63. The highest BCUT2D eigenvalue weighted by atomic mass is 35.5. The van der Waals surface area contributed by atoms with Crippen molar-refractivity contribution in [2.24, 2.45) is 5.92 Å². The second kappa shape index (κ2) is 9.35. The van der Waals surface area contributed by atoms with E-state index in [1.165, 1.54) is 0 Å². The quantitative estimate of drug-likeness (QED) is 0.706. The first-order valence-electron chi connectivity index (χ1n) is 9.39. The van der Waals surface area contributed by atoms with Crippen LogP contribution < -0.4 is 16.0 Å². The van der Waals surface area contributed by atoms with E-state index in [1.54, 1.807) is 12.1 Å². The molecule has 6 nitrogen and oxygen atoms in total. The molecule has 2 atom stereocenters. The molecule has 0 bridgehead atoms. The number of nitrogens with zero attached hydrogens (tertiary/aromatic N) is 1. The van der Waals surface area contributed by atoms with Crippen LogP contribution in [0.2, 0.25) is 5.02 Å². The van der Waals surface area contributed by atoms with Gasteiger partial charge in [0.15, 0.2) is 0 Å². The number of likely N-dealkylation sites (tertiary alicyclic amines) is 1. The van der Waals surface area contributed by atoms with Gasteiger partial charge in [-0.3, -0.25) is 14.5 Å². The summed E-state index contributed by atoms with van der Waals surface area (Å²) in [5, 5.41) is 9.79. The summed E-state index contributed by atoms with van der Waals surface area (Å²) >= 11 is 5.95. The van der Waals surface area contributed by atoms with Crippen molar-refractivity contribution in [2.75, 3.05) is 38.0 Å². The number of hydrogen-bond acceptors (Lipinski definition) is 4. The zero-order valence-electron chi connectivity index (χ0n) is 15.0.